The van der Waals surface area contributed by atoms with Gasteiger partial charge < -0.3 is 35.2 Å². The van der Waals surface area contributed by atoms with Gasteiger partial charge in [0.25, 0.3) is 12.0 Å². The Bertz CT molecular complexity index is 2360. The van der Waals surface area contributed by atoms with E-state index in [2.05, 4.69) is 81.4 Å². The van der Waals surface area contributed by atoms with E-state index in [1.54, 1.807) is 31.9 Å². The van der Waals surface area contributed by atoms with Crippen LogP contribution in [0.1, 0.15) is 41.7 Å². The lowest BCUT2D eigenvalue weighted by Crippen LogP contribution is -2.31. The number of ether oxygens (including phenoxy) is 5. The van der Waals surface area contributed by atoms with Crippen molar-refractivity contribution in [3.05, 3.63) is 116 Å². The Morgan fingerprint density at radius 3 is 2.13 bits per heavy atom. The smallest absolute Gasteiger partial charge is 0.283 e. The second kappa shape index (κ2) is 13.3. The summed E-state index contributed by atoms with van der Waals surface area (Å²) in [5.41, 5.74) is 15.6. The zero-order valence-electron chi connectivity index (χ0n) is 28.6. The first-order valence-corrected chi connectivity index (χ1v) is 18.1. The molecule has 3 aromatic heterocycles. The van der Waals surface area contributed by atoms with E-state index in [9.17, 15) is 0 Å². The van der Waals surface area contributed by atoms with E-state index < -0.39 is 16.7 Å². The summed E-state index contributed by atoms with van der Waals surface area (Å²) in [7, 11) is 1.63. The summed E-state index contributed by atoms with van der Waals surface area (Å²) in [6, 6.07) is 16.0. The van der Waals surface area contributed by atoms with Gasteiger partial charge in [-0.25, -0.2) is 29.9 Å². The Morgan fingerprint density at radius 2 is 1.43 bits per heavy atom. The largest absolute Gasteiger partial charge is 0.462 e. The van der Waals surface area contributed by atoms with Crippen LogP contribution in [0.3, 0.4) is 0 Å². The Kier molecular flexibility index (Phi) is 8.71. The molecule has 0 saturated heterocycles. The number of benzene rings is 2. The third-order valence-corrected chi connectivity index (χ3v) is 10.3. The number of rotatable bonds is 2. The van der Waals surface area contributed by atoms with Crippen LogP contribution in [-0.2, 0) is 25.3 Å². The fourth-order valence-corrected chi connectivity index (χ4v) is 7.23. The van der Waals surface area contributed by atoms with Gasteiger partial charge in [-0.05, 0) is 100 Å². The number of methoxy groups -OCH3 is 1. The van der Waals surface area contributed by atoms with Gasteiger partial charge in [-0.1, -0.05) is 17.9 Å². The second-order valence-corrected chi connectivity index (χ2v) is 15.0. The number of hydrogen-bond acceptors (Lipinski definition) is 13. The van der Waals surface area contributed by atoms with Gasteiger partial charge >= 0.3 is 0 Å². The van der Waals surface area contributed by atoms with Crippen molar-refractivity contribution >= 4 is 50.6 Å². The van der Waals surface area contributed by atoms with Crippen LogP contribution in [0.25, 0.3) is 11.1 Å². The van der Waals surface area contributed by atoms with Crippen LogP contribution in [0, 0.1) is 15.4 Å². The standard InChI is InChI=1S/C24H21N5O3.C14H9BrIN3O2/c1-23(2,30-3)7-6-15-8-19-21(28-10-15)32-20-5-4-16(17-11-26-14-27-12-17)9-18(20)24(19)13-31-22(25)29-24;15-12-4-9-11(5-18-12)21-10-2-1-7(16)3-8(10)14(9)6-20-13(17)19-14/h4-5,8-12,14H,13H2,1-3H3,(H2,25,29);1-5H,6H2,(H2,17,19)/t24-;14-/m00/s1. The minimum atomic E-state index is -0.889. The number of fused-ring (bicyclic) bond motifs is 8. The number of amidine groups is 2. The molecule has 266 valence electrons. The van der Waals surface area contributed by atoms with Gasteiger partial charge in [0.1, 0.15) is 41.2 Å². The van der Waals surface area contributed by atoms with Gasteiger partial charge in [0.05, 0.1) is 11.8 Å². The minimum absolute atomic E-state index is 0.120. The molecule has 0 fully saturated rings. The van der Waals surface area contributed by atoms with Crippen molar-refractivity contribution in [3.8, 4) is 46.1 Å². The first kappa shape index (κ1) is 34.8. The van der Waals surface area contributed by atoms with Crippen molar-refractivity contribution in [2.75, 3.05) is 20.3 Å². The van der Waals surface area contributed by atoms with Crippen LogP contribution in [-0.4, -0.2) is 57.9 Å². The van der Waals surface area contributed by atoms with Crippen molar-refractivity contribution in [2.24, 2.45) is 21.5 Å². The molecule has 0 radical (unpaired) electrons. The van der Waals surface area contributed by atoms with E-state index in [4.69, 9.17) is 40.1 Å². The lowest BCUT2D eigenvalue weighted by atomic mass is 9.81. The molecule has 4 aliphatic rings. The minimum Gasteiger partial charge on any atom is -0.462 e. The third-order valence-electron chi connectivity index (χ3n) is 9.19. The van der Waals surface area contributed by atoms with Crippen LogP contribution in [0.4, 0.5) is 0 Å². The van der Waals surface area contributed by atoms with Gasteiger partial charge in [0.15, 0.2) is 16.8 Å². The summed E-state index contributed by atoms with van der Waals surface area (Å²) in [6.45, 7) is 4.40. The molecular weight excluding hydrogens is 855 g/mol. The highest BCUT2D eigenvalue weighted by Crippen LogP contribution is 2.52. The normalized spacial score (nSPS) is 19.9. The van der Waals surface area contributed by atoms with Crippen LogP contribution >= 0.6 is 38.5 Å². The van der Waals surface area contributed by atoms with Gasteiger partial charge in [0.2, 0.25) is 5.88 Å². The maximum Gasteiger partial charge on any atom is 0.283 e. The molecule has 15 heteroatoms. The molecule has 53 heavy (non-hydrogen) atoms. The summed E-state index contributed by atoms with van der Waals surface area (Å²) in [6.07, 6.45) is 8.38. The maximum atomic E-state index is 6.13. The van der Waals surface area contributed by atoms with Gasteiger partial charge in [-0.15, -0.1) is 0 Å². The number of pyridine rings is 2. The summed E-state index contributed by atoms with van der Waals surface area (Å²) >= 11 is 5.67. The van der Waals surface area contributed by atoms with E-state index in [0.717, 1.165) is 47.3 Å². The molecule has 7 heterocycles. The number of halogens is 2. The van der Waals surface area contributed by atoms with Gasteiger partial charge in [0, 0.05) is 57.1 Å². The molecule has 0 unspecified atom stereocenters. The summed E-state index contributed by atoms with van der Waals surface area (Å²) in [5.74, 6) is 8.77. The maximum absolute atomic E-state index is 6.13. The predicted molar refractivity (Wildman–Crippen MR) is 208 cm³/mol. The highest BCUT2D eigenvalue weighted by molar-refractivity contribution is 14.1. The van der Waals surface area contributed by atoms with Crippen LogP contribution in [0.2, 0.25) is 0 Å². The van der Waals surface area contributed by atoms with Gasteiger partial charge in [-0.2, -0.15) is 0 Å². The molecule has 4 N–H and O–H groups in total. The molecule has 13 nitrogen and oxygen atoms in total. The molecule has 5 aromatic rings. The topological polar surface area (TPSA) is 174 Å². The van der Waals surface area contributed by atoms with E-state index in [0.29, 0.717) is 29.5 Å². The van der Waals surface area contributed by atoms with Crippen molar-refractivity contribution in [2.45, 2.75) is 30.5 Å². The molecule has 9 rings (SSSR count). The molecule has 0 aliphatic carbocycles. The number of nitrogens with two attached hydrogens (primary N) is 2. The average Bonchev–Trinajstić information content (AvgIpc) is 3.75. The van der Waals surface area contributed by atoms with Gasteiger partial charge in [-0.3, -0.25) is 0 Å². The fourth-order valence-electron chi connectivity index (χ4n) is 6.40. The van der Waals surface area contributed by atoms with E-state index in [1.807, 2.05) is 56.3 Å². The molecule has 0 saturated carbocycles. The highest BCUT2D eigenvalue weighted by Gasteiger charge is 2.49. The highest BCUT2D eigenvalue weighted by atomic mass is 127. The molecule has 0 amide bonds. The lowest BCUT2D eigenvalue weighted by Gasteiger charge is -2.33. The first-order valence-electron chi connectivity index (χ1n) is 16.3. The number of aromatic nitrogens is 4. The van der Waals surface area contributed by atoms with E-state index in [1.165, 1.54) is 6.33 Å². The SMILES string of the molecule is COC(C)(C)C#Cc1cnc2c(c1)[C@]1(COC(N)=N1)c1cc(-c3cncnc3)ccc1O2.NC1=N[C@@]2(CO1)c1cc(I)ccc1Oc1cnc(Br)cc12. The molecule has 2 spiro atoms. The van der Waals surface area contributed by atoms with Crippen LogP contribution < -0.4 is 20.9 Å². The molecular formula is C38H30BrIN8O5. The average molecular weight is 886 g/mol. The quantitative estimate of drug-likeness (QED) is 0.118. The summed E-state index contributed by atoms with van der Waals surface area (Å²) < 4.78 is 30.4. The number of nitrogens with zero attached hydrogens (tertiary/aromatic N) is 6. The second-order valence-electron chi connectivity index (χ2n) is 12.9. The third kappa shape index (κ3) is 6.30. The molecule has 2 atom stereocenters. The predicted octanol–water partition coefficient (Wildman–Crippen LogP) is 6.15. The van der Waals surface area contributed by atoms with Crippen LogP contribution in [0.5, 0.6) is 23.1 Å². The summed E-state index contributed by atoms with van der Waals surface area (Å²) in [4.78, 5) is 26.3. The molecule has 4 aliphatic heterocycles. The fraction of sp³-hybridized carbons (Fsp3) is 0.211. The van der Waals surface area contributed by atoms with Crippen molar-refractivity contribution in [1.82, 2.24) is 19.9 Å². The lowest BCUT2D eigenvalue weighted by molar-refractivity contribution is 0.0741. The van der Waals surface area contributed by atoms with E-state index in [-0.39, 0.29) is 18.7 Å². The van der Waals surface area contributed by atoms with Crippen molar-refractivity contribution < 1.29 is 23.7 Å². The Hall–Kier alpha value is -5.31. The number of aliphatic imine (C=N–C) groups is 2. The number of hydrogen-bond donors (Lipinski definition) is 2. The zero-order chi connectivity index (χ0) is 37.0. The summed E-state index contributed by atoms with van der Waals surface area (Å²) in [5, 5.41) is 0. The van der Waals surface area contributed by atoms with Crippen LogP contribution in [0.15, 0.2) is 94.2 Å². The van der Waals surface area contributed by atoms with Crippen molar-refractivity contribution in [3.63, 3.8) is 0 Å². The van der Waals surface area contributed by atoms with E-state index >= 15 is 0 Å². The van der Waals surface area contributed by atoms with Crippen molar-refractivity contribution in [1.29, 1.82) is 0 Å². The monoisotopic (exact) mass is 884 g/mol. The first-order chi connectivity index (χ1) is 25.5. The Labute approximate surface area is 326 Å². The zero-order valence-corrected chi connectivity index (χ0v) is 32.3. The molecule has 2 aromatic carbocycles. The Morgan fingerprint density at radius 1 is 0.774 bits per heavy atom. The Balaban J connectivity index is 0.000000164. The molecule has 0 bridgehead atoms.